The Kier molecular flexibility index (Phi) is 4.28. The summed E-state index contributed by atoms with van der Waals surface area (Å²) in [5.41, 5.74) is 3.50. The van der Waals surface area contributed by atoms with E-state index in [1.807, 2.05) is 24.0 Å². The Morgan fingerprint density at radius 2 is 2.16 bits per heavy atom. The number of rotatable bonds is 5. The van der Waals surface area contributed by atoms with Crippen molar-refractivity contribution < 1.29 is 0 Å². The van der Waals surface area contributed by atoms with Crippen LogP contribution in [0.5, 0.6) is 0 Å². The van der Waals surface area contributed by atoms with Gasteiger partial charge in [0.15, 0.2) is 0 Å². The maximum absolute atomic E-state index is 4.54. The highest BCUT2D eigenvalue weighted by atomic mass is 15.3. The van der Waals surface area contributed by atoms with Crippen LogP contribution in [0.25, 0.3) is 5.69 Å². The van der Waals surface area contributed by atoms with Gasteiger partial charge in [-0.15, -0.1) is 0 Å². The molecule has 2 aromatic heterocycles. The van der Waals surface area contributed by atoms with Crippen LogP contribution >= 0.6 is 0 Å². The topological polar surface area (TPSA) is 59.7 Å². The van der Waals surface area contributed by atoms with Crippen molar-refractivity contribution in [3.8, 4) is 5.69 Å². The zero-order valence-electron chi connectivity index (χ0n) is 14.7. The standard InChI is InChI=1S/C19H24N6/c1-14-9-19-22-11-16(12-25(19)23-14)10-21-15(2)17-3-5-18(6-4-17)24-8-7-20-13-24/h3-9,13,15-16,21-22H,10-12H2,1-2H3/t15-,16+/m1/s1. The molecule has 1 aliphatic rings. The molecule has 2 N–H and O–H groups in total. The van der Waals surface area contributed by atoms with Gasteiger partial charge in [0, 0.05) is 55.7 Å². The van der Waals surface area contributed by atoms with Gasteiger partial charge in [-0.2, -0.15) is 5.10 Å². The second-order valence-electron chi connectivity index (χ2n) is 6.79. The fourth-order valence-corrected chi connectivity index (χ4v) is 3.33. The Balaban J connectivity index is 1.34. The van der Waals surface area contributed by atoms with Gasteiger partial charge in [-0.1, -0.05) is 12.1 Å². The molecule has 0 saturated carbocycles. The zero-order chi connectivity index (χ0) is 17.2. The van der Waals surface area contributed by atoms with Crippen molar-refractivity contribution in [3.63, 3.8) is 0 Å². The smallest absolute Gasteiger partial charge is 0.124 e. The molecule has 25 heavy (non-hydrogen) atoms. The molecule has 4 rings (SSSR count). The summed E-state index contributed by atoms with van der Waals surface area (Å²) in [4.78, 5) is 4.09. The SMILES string of the molecule is Cc1cc2n(n1)C[C@@H](CN[C@H](C)c1ccc(-n3ccnc3)cc1)CN2. The summed E-state index contributed by atoms with van der Waals surface area (Å²) in [6.45, 7) is 7.18. The predicted octanol–water partition coefficient (Wildman–Crippen LogP) is 2.77. The Hall–Kier alpha value is -2.60. The van der Waals surface area contributed by atoms with Crippen molar-refractivity contribution in [1.82, 2.24) is 24.6 Å². The first-order valence-electron chi connectivity index (χ1n) is 8.79. The molecule has 0 amide bonds. The lowest BCUT2D eigenvalue weighted by atomic mass is 10.0. The van der Waals surface area contributed by atoms with E-state index >= 15 is 0 Å². The van der Waals surface area contributed by atoms with E-state index in [9.17, 15) is 0 Å². The molecule has 0 bridgehead atoms. The highest BCUT2D eigenvalue weighted by molar-refractivity contribution is 5.38. The van der Waals surface area contributed by atoms with E-state index in [4.69, 9.17) is 0 Å². The van der Waals surface area contributed by atoms with E-state index in [0.29, 0.717) is 12.0 Å². The molecule has 130 valence electrons. The van der Waals surface area contributed by atoms with Crippen LogP contribution in [-0.4, -0.2) is 32.4 Å². The minimum atomic E-state index is 0.317. The summed E-state index contributed by atoms with van der Waals surface area (Å²) in [6, 6.07) is 11.1. The molecule has 0 aliphatic carbocycles. The number of aromatic nitrogens is 4. The van der Waals surface area contributed by atoms with Gasteiger partial charge in [-0.25, -0.2) is 9.67 Å². The molecule has 0 saturated heterocycles. The Bertz CT molecular complexity index is 818. The third-order valence-electron chi connectivity index (χ3n) is 4.81. The normalized spacial score (nSPS) is 17.8. The third kappa shape index (κ3) is 3.44. The number of anilines is 1. The summed E-state index contributed by atoms with van der Waals surface area (Å²) in [6.07, 6.45) is 5.57. The second-order valence-corrected chi connectivity index (χ2v) is 6.79. The number of hydrogen-bond acceptors (Lipinski definition) is 4. The second kappa shape index (κ2) is 6.72. The van der Waals surface area contributed by atoms with E-state index in [1.54, 1.807) is 6.20 Å². The molecule has 0 spiro atoms. The summed E-state index contributed by atoms with van der Waals surface area (Å²) in [5.74, 6) is 1.68. The Morgan fingerprint density at radius 1 is 1.32 bits per heavy atom. The lowest BCUT2D eigenvalue weighted by Crippen LogP contribution is -2.36. The number of benzene rings is 1. The molecule has 6 nitrogen and oxygen atoms in total. The van der Waals surface area contributed by atoms with Gasteiger partial charge < -0.3 is 15.2 Å². The van der Waals surface area contributed by atoms with Gasteiger partial charge >= 0.3 is 0 Å². The Morgan fingerprint density at radius 3 is 2.92 bits per heavy atom. The number of hydrogen-bond donors (Lipinski definition) is 2. The van der Waals surface area contributed by atoms with Crippen molar-refractivity contribution in [2.24, 2.45) is 5.92 Å². The first kappa shape index (κ1) is 15.9. The lowest BCUT2D eigenvalue weighted by Gasteiger charge is -2.26. The van der Waals surface area contributed by atoms with Crippen molar-refractivity contribution in [3.05, 3.63) is 60.3 Å². The van der Waals surface area contributed by atoms with Crippen LogP contribution in [-0.2, 0) is 6.54 Å². The summed E-state index contributed by atoms with van der Waals surface area (Å²) < 4.78 is 4.09. The average molecular weight is 336 g/mol. The van der Waals surface area contributed by atoms with Crippen LogP contribution in [0.4, 0.5) is 5.82 Å². The number of fused-ring (bicyclic) bond motifs is 1. The van der Waals surface area contributed by atoms with Crippen molar-refractivity contribution in [2.75, 3.05) is 18.4 Å². The van der Waals surface area contributed by atoms with E-state index in [-0.39, 0.29) is 0 Å². The van der Waals surface area contributed by atoms with Crippen molar-refractivity contribution in [2.45, 2.75) is 26.4 Å². The number of aryl methyl sites for hydroxylation is 1. The highest BCUT2D eigenvalue weighted by Crippen LogP contribution is 2.20. The minimum absolute atomic E-state index is 0.317. The molecule has 1 aromatic carbocycles. The Labute approximate surface area is 147 Å². The molecule has 1 aliphatic heterocycles. The van der Waals surface area contributed by atoms with Crippen molar-refractivity contribution in [1.29, 1.82) is 0 Å². The van der Waals surface area contributed by atoms with E-state index < -0.39 is 0 Å². The van der Waals surface area contributed by atoms with Crippen LogP contribution in [0.1, 0.15) is 24.2 Å². The van der Waals surface area contributed by atoms with Crippen LogP contribution in [0.15, 0.2) is 49.1 Å². The van der Waals surface area contributed by atoms with Gasteiger partial charge in [-0.3, -0.25) is 0 Å². The summed E-state index contributed by atoms with van der Waals surface area (Å²) in [5, 5.41) is 11.7. The van der Waals surface area contributed by atoms with Gasteiger partial charge in [0.05, 0.1) is 12.0 Å². The van der Waals surface area contributed by atoms with Gasteiger partial charge in [0.2, 0.25) is 0 Å². The highest BCUT2D eigenvalue weighted by Gasteiger charge is 2.19. The van der Waals surface area contributed by atoms with Crippen LogP contribution in [0.3, 0.4) is 0 Å². The van der Waals surface area contributed by atoms with Gasteiger partial charge in [0.1, 0.15) is 5.82 Å². The maximum Gasteiger partial charge on any atom is 0.124 e. The molecular formula is C19H24N6. The molecular weight excluding hydrogens is 312 g/mol. The van der Waals surface area contributed by atoms with Gasteiger partial charge in [-0.05, 0) is 31.5 Å². The first-order chi connectivity index (χ1) is 12.2. The monoisotopic (exact) mass is 336 g/mol. The quantitative estimate of drug-likeness (QED) is 0.752. The minimum Gasteiger partial charge on any atom is -0.370 e. The van der Waals surface area contributed by atoms with Crippen LogP contribution < -0.4 is 10.6 Å². The van der Waals surface area contributed by atoms with E-state index in [2.05, 4.69) is 62.7 Å². The number of nitrogens with one attached hydrogen (secondary N) is 2. The van der Waals surface area contributed by atoms with Crippen LogP contribution in [0.2, 0.25) is 0 Å². The average Bonchev–Trinajstić information content (AvgIpc) is 3.28. The number of imidazole rings is 1. The maximum atomic E-state index is 4.54. The fraction of sp³-hybridized carbons (Fsp3) is 0.368. The molecule has 0 radical (unpaired) electrons. The first-order valence-corrected chi connectivity index (χ1v) is 8.79. The lowest BCUT2D eigenvalue weighted by molar-refractivity contribution is 0.375. The molecule has 0 fully saturated rings. The fourth-order valence-electron chi connectivity index (χ4n) is 3.33. The molecule has 0 unspecified atom stereocenters. The molecule has 3 heterocycles. The van der Waals surface area contributed by atoms with E-state index in [0.717, 1.165) is 36.8 Å². The predicted molar refractivity (Wildman–Crippen MR) is 98.9 cm³/mol. The van der Waals surface area contributed by atoms with Crippen molar-refractivity contribution >= 4 is 5.82 Å². The summed E-state index contributed by atoms with van der Waals surface area (Å²) in [7, 11) is 0. The van der Waals surface area contributed by atoms with Gasteiger partial charge in [0.25, 0.3) is 0 Å². The third-order valence-corrected chi connectivity index (χ3v) is 4.81. The zero-order valence-corrected chi connectivity index (χ0v) is 14.7. The van der Waals surface area contributed by atoms with E-state index in [1.165, 1.54) is 5.56 Å². The molecule has 6 heteroatoms. The molecule has 3 aromatic rings. The number of nitrogens with zero attached hydrogens (tertiary/aromatic N) is 4. The van der Waals surface area contributed by atoms with Crippen LogP contribution in [0, 0.1) is 12.8 Å². The summed E-state index contributed by atoms with van der Waals surface area (Å²) >= 11 is 0. The largest absolute Gasteiger partial charge is 0.370 e. The molecule has 2 atom stereocenters.